The van der Waals surface area contributed by atoms with Crippen LogP contribution in [0.25, 0.3) is 0 Å². The van der Waals surface area contributed by atoms with Crippen LogP contribution in [0.1, 0.15) is 106 Å². The van der Waals surface area contributed by atoms with E-state index in [0.29, 0.717) is 5.75 Å². The van der Waals surface area contributed by atoms with Gasteiger partial charge in [0.05, 0.1) is 11.6 Å². The molecule has 0 spiro atoms. The molecule has 5 rings (SSSR count). The summed E-state index contributed by atoms with van der Waals surface area (Å²) in [7, 11) is 1.47. The van der Waals surface area contributed by atoms with Crippen LogP contribution in [0.3, 0.4) is 0 Å². The number of aryl methyl sites for hydroxylation is 1. The predicted octanol–water partition coefficient (Wildman–Crippen LogP) is 6.20. The lowest BCUT2D eigenvalue weighted by atomic mass is 9.83. The van der Waals surface area contributed by atoms with Gasteiger partial charge < -0.3 is 30.1 Å². The first kappa shape index (κ1) is 40.8. The molecule has 0 saturated heterocycles. The van der Waals surface area contributed by atoms with Crippen molar-refractivity contribution < 1.29 is 38.6 Å². The van der Waals surface area contributed by atoms with Gasteiger partial charge in [-0.25, -0.2) is 9.59 Å². The van der Waals surface area contributed by atoms with Crippen molar-refractivity contribution in [2.45, 2.75) is 117 Å². The lowest BCUT2D eigenvalue weighted by Crippen LogP contribution is -2.62. The van der Waals surface area contributed by atoms with Crippen LogP contribution in [0.5, 0.6) is 5.75 Å². The molecule has 1 aliphatic carbocycles. The maximum atomic E-state index is 14.8. The number of fused-ring (bicyclic) bond motifs is 2. The van der Waals surface area contributed by atoms with Crippen molar-refractivity contribution in [3.05, 3.63) is 100 Å². The Morgan fingerprint density at radius 2 is 1.62 bits per heavy atom. The Bertz CT molecular complexity index is 1910. The fourth-order valence-electron chi connectivity index (χ4n) is 6.94. The minimum Gasteiger partial charge on any atom is -0.489 e. The Labute approximate surface area is 323 Å². The smallest absolute Gasteiger partial charge is 0.410 e. The first-order valence-electron chi connectivity index (χ1n) is 18.8. The molecule has 0 saturated carbocycles. The largest absolute Gasteiger partial charge is 0.489 e. The second kappa shape index (κ2) is 16.5. The van der Waals surface area contributed by atoms with Crippen LogP contribution in [-0.4, -0.2) is 75.5 Å². The van der Waals surface area contributed by atoms with Crippen molar-refractivity contribution in [2.24, 2.45) is 5.41 Å². The molecule has 1 aliphatic heterocycles. The maximum Gasteiger partial charge on any atom is 0.410 e. The molecule has 4 amide bonds. The molecule has 1 heterocycles. The summed E-state index contributed by atoms with van der Waals surface area (Å²) >= 11 is 0. The SMILES string of the molecule is C[C@@H](C(=O)NC(C(=O)N1Cc2cc(OCc3ccc(C(=O)O)cc3)ccc2C[C@H]1C(=O)NC1CCCc2ccccc21)C(C)(C)C)N(C)C(=O)OC(C)(C)C. The third kappa shape index (κ3) is 10.0. The molecule has 2 unspecified atom stereocenters. The van der Waals surface area contributed by atoms with E-state index in [1.54, 1.807) is 44.7 Å². The second-order valence-corrected chi connectivity index (χ2v) is 16.6. The zero-order valence-corrected chi connectivity index (χ0v) is 33.1. The van der Waals surface area contributed by atoms with E-state index in [4.69, 9.17) is 9.47 Å². The third-order valence-corrected chi connectivity index (χ3v) is 10.2. The number of carbonyl (C=O) groups is 5. The molecule has 294 valence electrons. The van der Waals surface area contributed by atoms with Gasteiger partial charge in [0, 0.05) is 20.0 Å². The van der Waals surface area contributed by atoms with E-state index in [0.717, 1.165) is 41.5 Å². The summed E-state index contributed by atoms with van der Waals surface area (Å²) in [5.41, 5.74) is 3.42. The van der Waals surface area contributed by atoms with Gasteiger partial charge >= 0.3 is 12.1 Å². The van der Waals surface area contributed by atoms with Gasteiger partial charge in [-0.1, -0.05) is 63.2 Å². The van der Waals surface area contributed by atoms with Crippen molar-refractivity contribution in [3.63, 3.8) is 0 Å². The minimum absolute atomic E-state index is 0.0911. The molecule has 3 aromatic carbocycles. The van der Waals surface area contributed by atoms with Gasteiger partial charge in [0.2, 0.25) is 17.7 Å². The zero-order valence-electron chi connectivity index (χ0n) is 33.1. The van der Waals surface area contributed by atoms with Gasteiger partial charge in [-0.2, -0.15) is 0 Å². The summed E-state index contributed by atoms with van der Waals surface area (Å²) in [6.07, 6.45) is 2.23. The van der Waals surface area contributed by atoms with Crippen LogP contribution >= 0.6 is 0 Å². The number of rotatable bonds is 10. The van der Waals surface area contributed by atoms with Crippen LogP contribution < -0.4 is 15.4 Å². The molecule has 0 fully saturated rings. The van der Waals surface area contributed by atoms with E-state index in [1.807, 2.05) is 57.2 Å². The summed E-state index contributed by atoms with van der Waals surface area (Å²) in [5, 5.41) is 15.4. The lowest BCUT2D eigenvalue weighted by molar-refractivity contribution is -0.147. The fourth-order valence-corrected chi connectivity index (χ4v) is 6.94. The Kier molecular flexibility index (Phi) is 12.3. The molecule has 4 atom stereocenters. The van der Waals surface area contributed by atoms with E-state index < -0.39 is 53.0 Å². The number of nitrogens with one attached hydrogen (secondary N) is 2. The number of carbonyl (C=O) groups excluding carboxylic acids is 4. The van der Waals surface area contributed by atoms with Crippen molar-refractivity contribution in [3.8, 4) is 5.75 Å². The molecule has 2 aliphatic rings. The summed E-state index contributed by atoms with van der Waals surface area (Å²) in [6.45, 7) is 12.6. The van der Waals surface area contributed by atoms with Crippen molar-refractivity contribution in [1.82, 2.24) is 20.4 Å². The Hall–Kier alpha value is -5.39. The average molecular weight is 755 g/mol. The molecule has 3 N–H and O–H groups in total. The number of amides is 4. The highest BCUT2D eigenvalue weighted by molar-refractivity contribution is 5.95. The highest BCUT2D eigenvalue weighted by Crippen LogP contribution is 2.33. The van der Waals surface area contributed by atoms with E-state index >= 15 is 0 Å². The van der Waals surface area contributed by atoms with Gasteiger partial charge in [-0.05, 0) is 104 Å². The summed E-state index contributed by atoms with van der Waals surface area (Å²) in [6, 6.07) is 17.1. The molecule has 0 radical (unpaired) electrons. The second-order valence-electron chi connectivity index (χ2n) is 16.6. The topological polar surface area (TPSA) is 155 Å². The molecule has 0 aromatic heterocycles. The molecular formula is C43H54N4O8. The van der Waals surface area contributed by atoms with E-state index in [9.17, 15) is 29.1 Å². The Morgan fingerprint density at radius 3 is 2.27 bits per heavy atom. The zero-order chi connectivity index (χ0) is 40.2. The molecule has 3 aromatic rings. The molecule has 0 bridgehead atoms. The Morgan fingerprint density at radius 1 is 0.927 bits per heavy atom. The van der Waals surface area contributed by atoms with Crippen LogP contribution in [0.4, 0.5) is 4.79 Å². The summed E-state index contributed by atoms with van der Waals surface area (Å²) in [5.74, 6) is -1.69. The van der Waals surface area contributed by atoms with Crippen molar-refractivity contribution in [2.75, 3.05) is 7.05 Å². The van der Waals surface area contributed by atoms with Crippen LogP contribution in [0, 0.1) is 5.41 Å². The van der Waals surface area contributed by atoms with Crippen molar-refractivity contribution in [1.29, 1.82) is 0 Å². The van der Waals surface area contributed by atoms with E-state index in [1.165, 1.54) is 29.6 Å². The predicted molar refractivity (Wildman–Crippen MR) is 207 cm³/mol. The number of carboxylic acid groups (broad SMARTS) is 1. The van der Waals surface area contributed by atoms with Crippen LogP contribution in [0.2, 0.25) is 0 Å². The van der Waals surface area contributed by atoms with Gasteiger partial charge in [0.1, 0.15) is 36.1 Å². The third-order valence-electron chi connectivity index (χ3n) is 10.2. The highest BCUT2D eigenvalue weighted by atomic mass is 16.6. The minimum atomic E-state index is -1.05. The molecular weight excluding hydrogens is 700 g/mol. The maximum absolute atomic E-state index is 14.8. The number of benzene rings is 3. The number of carboxylic acids is 1. The number of hydrogen-bond donors (Lipinski definition) is 3. The van der Waals surface area contributed by atoms with Gasteiger partial charge in [0.25, 0.3) is 0 Å². The first-order chi connectivity index (χ1) is 25.8. The first-order valence-corrected chi connectivity index (χ1v) is 18.8. The number of aromatic carboxylic acids is 1. The molecule has 12 heteroatoms. The normalized spacial score (nSPS) is 17.8. The summed E-state index contributed by atoms with van der Waals surface area (Å²) < 4.78 is 11.6. The number of hydrogen-bond acceptors (Lipinski definition) is 7. The number of likely N-dealkylation sites (N-methyl/N-ethyl adjacent to an activating group) is 1. The van der Waals surface area contributed by atoms with Crippen LogP contribution in [0.15, 0.2) is 66.7 Å². The van der Waals surface area contributed by atoms with Gasteiger partial charge in [-0.15, -0.1) is 0 Å². The fraction of sp³-hybridized carbons (Fsp3) is 0.465. The van der Waals surface area contributed by atoms with Crippen molar-refractivity contribution >= 4 is 29.8 Å². The molecule has 12 nitrogen and oxygen atoms in total. The average Bonchev–Trinajstić information content (AvgIpc) is 3.13. The standard InChI is InChI=1S/C43H54N4O8/c1-26(46(8)41(53)55-43(5,6)7)37(48)45-36(42(2,3)4)39(50)47-24-31-22-32(54-25-27-16-18-29(19-17-27)40(51)52)21-20-30(31)23-35(47)38(49)44-34-15-11-13-28-12-9-10-14-33(28)34/h9-10,12,14,16-22,26,34-36H,11,13,15,23-25H2,1-8H3,(H,44,49)(H,45,48)(H,51,52)/t26-,34?,35-,36?/m0/s1. The van der Waals surface area contributed by atoms with Gasteiger partial charge in [-0.3, -0.25) is 19.3 Å². The monoisotopic (exact) mass is 754 g/mol. The number of nitrogens with zero attached hydrogens (tertiary/aromatic N) is 2. The van der Waals surface area contributed by atoms with Crippen LogP contribution in [-0.2, 0) is 45.1 Å². The van der Waals surface area contributed by atoms with E-state index in [2.05, 4.69) is 16.7 Å². The number of ether oxygens (including phenoxy) is 2. The Balaban J connectivity index is 1.42. The van der Waals surface area contributed by atoms with Gasteiger partial charge in [0.15, 0.2) is 0 Å². The summed E-state index contributed by atoms with van der Waals surface area (Å²) in [4.78, 5) is 69.7. The quantitative estimate of drug-likeness (QED) is 0.221. The van der Waals surface area contributed by atoms with E-state index in [-0.39, 0.29) is 37.1 Å². The molecule has 55 heavy (non-hydrogen) atoms. The lowest BCUT2D eigenvalue weighted by Gasteiger charge is -2.42. The highest BCUT2D eigenvalue weighted by Gasteiger charge is 2.43.